The van der Waals surface area contributed by atoms with E-state index in [0.717, 1.165) is 24.8 Å². The van der Waals surface area contributed by atoms with Crippen LogP contribution in [0.15, 0.2) is 12.1 Å². The van der Waals surface area contributed by atoms with Crippen LogP contribution in [0.4, 0.5) is 4.39 Å². The number of carbonyl (C=O) groups excluding carboxylic acids is 1. The van der Waals surface area contributed by atoms with Gasteiger partial charge in [-0.2, -0.15) is 0 Å². The third-order valence-corrected chi connectivity index (χ3v) is 3.58. The molecule has 2 N–H and O–H groups in total. The third-order valence-electron chi connectivity index (χ3n) is 3.58. The molecule has 0 bridgehead atoms. The smallest absolute Gasteiger partial charge is 0.170 e. The van der Waals surface area contributed by atoms with Crippen LogP contribution >= 0.6 is 0 Å². The Morgan fingerprint density at radius 2 is 2.06 bits per heavy atom. The molecule has 17 heavy (non-hydrogen) atoms. The molecule has 1 aromatic carbocycles. The van der Waals surface area contributed by atoms with E-state index in [4.69, 9.17) is 5.73 Å². The standard InChI is InChI=1S/C14H18FNO/c1-8-6-9(2)13(11(15)7-8)14(17)10-4-3-5-12(10)16/h6-7,10,12H,3-5,16H2,1-2H3. The average Bonchev–Trinajstić information content (AvgIpc) is 2.62. The number of hydrogen-bond acceptors (Lipinski definition) is 2. The first-order chi connectivity index (χ1) is 8.00. The highest BCUT2D eigenvalue weighted by atomic mass is 19.1. The molecule has 2 rings (SSSR count). The van der Waals surface area contributed by atoms with Gasteiger partial charge < -0.3 is 5.73 Å². The van der Waals surface area contributed by atoms with Crippen molar-refractivity contribution in [3.8, 4) is 0 Å². The fourth-order valence-corrected chi connectivity index (χ4v) is 2.73. The fraction of sp³-hybridized carbons (Fsp3) is 0.500. The molecule has 3 heteroatoms. The summed E-state index contributed by atoms with van der Waals surface area (Å²) >= 11 is 0. The van der Waals surface area contributed by atoms with Crippen LogP contribution in [-0.4, -0.2) is 11.8 Å². The zero-order chi connectivity index (χ0) is 12.6. The molecule has 1 aliphatic carbocycles. The van der Waals surface area contributed by atoms with E-state index in [0.29, 0.717) is 5.56 Å². The van der Waals surface area contributed by atoms with E-state index in [1.54, 1.807) is 6.92 Å². The van der Waals surface area contributed by atoms with Gasteiger partial charge >= 0.3 is 0 Å². The Labute approximate surface area is 101 Å². The lowest BCUT2D eigenvalue weighted by molar-refractivity contribution is 0.0908. The second kappa shape index (κ2) is 4.57. The molecule has 1 saturated carbocycles. The number of rotatable bonds is 2. The molecule has 0 saturated heterocycles. The summed E-state index contributed by atoms with van der Waals surface area (Å²) in [5, 5.41) is 0. The summed E-state index contributed by atoms with van der Waals surface area (Å²) in [5.74, 6) is -0.734. The van der Waals surface area contributed by atoms with Crippen LogP contribution in [-0.2, 0) is 0 Å². The number of Topliss-reactive ketones (excluding diaryl/α,β-unsaturated/α-hetero) is 1. The molecule has 92 valence electrons. The molecule has 2 atom stereocenters. The molecular weight excluding hydrogens is 217 g/mol. The van der Waals surface area contributed by atoms with Crippen LogP contribution in [0.1, 0.15) is 40.7 Å². The second-order valence-corrected chi connectivity index (χ2v) is 5.00. The Morgan fingerprint density at radius 3 is 2.59 bits per heavy atom. The Bertz CT molecular complexity index is 433. The lowest BCUT2D eigenvalue weighted by Gasteiger charge is -2.16. The van der Waals surface area contributed by atoms with E-state index in [9.17, 15) is 9.18 Å². The van der Waals surface area contributed by atoms with Gasteiger partial charge in [0.05, 0.1) is 5.56 Å². The summed E-state index contributed by atoms with van der Waals surface area (Å²) in [6.07, 6.45) is 2.61. The van der Waals surface area contributed by atoms with Crippen LogP contribution in [0.2, 0.25) is 0 Å². The van der Waals surface area contributed by atoms with Crippen molar-refractivity contribution in [1.82, 2.24) is 0 Å². The molecule has 1 fully saturated rings. The van der Waals surface area contributed by atoms with Crippen LogP contribution in [0.3, 0.4) is 0 Å². The Balaban J connectivity index is 2.37. The highest BCUT2D eigenvalue weighted by Gasteiger charge is 2.32. The first-order valence-electron chi connectivity index (χ1n) is 6.07. The van der Waals surface area contributed by atoms with Gasteiger partial charge in [0.2, 0.25) is 0 Å². The number of benzene rings is 1. The van der Waals surface area contributed by atoms with E-state index in [2.05, 4.69) is 0 Å². The quantitative estimate of drug-likeness (QED) is 0.801. The van der Waals surface area contributed by atoms with E-state index < -0.39 is 5.82 Å². The summed E-state index contributed by atoms with van der Waals surface area (Å²) < 4.78 is 13.9. The van der Waals surface area contributed by atoms with Gasteiger partial charge in [0, 0.05) is 12.0 Å². The Hall–Kier alpha value is -1.22. The fourth-order valence-electron chi connectivity index (χ4n) is 2.73. The van der Waals surface area contributed by atoms with Crippen molar-refractivity contribution in [2.45, 2.75) is 39.2 Å². The van der Waals surface area contributed by atoms with Crippen molar-refractivity contribution < 1.29 is 9.18 Å². The highest BCUT2D eigenvalue weighted by molar-refractivity contribution is 6.00. The SMILES string of the molecule is Cc1cc(C)c(C(=O)C2CCCC2N)c(F)c1. The monoisotopic (exact) mass is 235 g/mol. The maximum atomic E-state index is 13.9. The van der Waals surface area contributed by atoms with Crippen LogP contribution in [0.5, 0.6) is 0 Å². The predicted octanol–water partition coefficient (Wildman–Crippen LogP) is 2.75. The van der Waals surface area contributed by atoms with Crippen LogP contribution in [0.25, 0.3) is 0 Å². The number of aryl methyl sites for hydroxylation is 2. The van der Waals surface area contributed by atoms with Crippen molar-refractivity contribution in [2.75, 3.05) is 0 Å². The molecule has 0 amide bonds. The van der Waals surface area contributed by atoms with Crippen molar-refractivity contribution in [1.29, 1.82) is 0 Å². The topological polar surface area (TPSA) is 43.1 Å². The van der Waals surface area contributed by atoms with E-state index in [1.807, 2.05) is 13.0 Å². The normalized spacial score (nSPS) is 24.0. The number of nitrogens with two attached hydrogens (primary N) is 1. The highest BCUT2D eigenvalue weighted by Crippen LogP contribution is 2.29. The molecular formula is C14H18FNO. The van der Waals surface area contributed by atoms with E-state index in [-0.39, 0.29) is 23.3 Å². The lowest BCUT2D eigenvalue weighted by Crippen LogP contribution is -2.31. The minimum absolute atomic E-state index is 0.109. The molecule has 0 heterocycles. The molecule has 1 aliphatic rings. The zero-order valence-corrected chi connectivity index (χ0v) is 10.3. The molecule has 2 unspecified atom stereocenters. The van der Waals surface area contributed by atoms with Crippen molar-refractivity contribution in [3.05, 3.63) is 34.6 Å². The first-order valence-corrected chi connectivity index (χ1v) is 6.07. The first kappa shape index (κ1) is 12.2. The van der Waals surface area contributed by atoms with Gasteiger partial charge in [-0.1, -0.05) is 12.5 Å². The summed E-state index contributed by atoms with van der Waals surface area (Å²) in [5.41, 5.74) is 7.69. The summed E-state index contributed by atoms with van der Waals surface area (Å²) in [6.45, 7) is 3.61. The lowest BCUT2D eigenvalue weighted by atomic mass is 9.90. The van der Waals surface area contributed by atoms with Gasteiger partial charge in [-0.3, -0.25) is 4.79 Å². The predicted molar refractivity (Wildman–Crippen MR) is 65.5 cm³/mol. The van der Waals surface area contributed by atoms with Gasteiger partial charge in [-0.25, -0.2) is 4.39 Å². The minimum Gasteiger partial charge on any atom is -0.327 e. The van der Waals surface area contributed by atoms with Gasteiger partial charge in [0.15, 0.2) is 5.78 Å². The zero-order valence-electron chi connectivity index (χ0n) is 10.3. The second-order valence-electron chi connectivity index (χ2n) is 5.00. The minimum atomic E-state index is -0.411. The summed E-state index contributed by atoms with van der Waals surface area (Å²) in [4.78, 5) is 12.3. The maximum Gasteiger partial charge on any atom is 0.170 e. The van der Waals surface area contributed by atoms with Crippen LogP contribution in [0, 0.1) is 25.6 Å². The summed E-state index contributed by atoms with van der Waals surface area (Å²) in [7, 11) is 0. The molecule has 0 spiro atoms. The molecule has 2 nitrogen and oxygen atoms in total. The van der Waals surface area contributed by atoms with Crippen LogP contribution < -0.4 is 5.73 Å². The molecule has 0 aromatic heterocycles. The van der Waals surface area contributed by atoms with Gasteiger partial charge in [-0.15, -0.1) is 0 Å². The molecule has 0 radical (unpaired) electrons. The summed E-state index contributed by atoms with van der Waals surface area (Å²) in [6, 6.07) is 3.15. The molecule has 1 aromatic rings. The van der Waals surface area contributed by atoms with Crippen molar-refractivity contribution in [2.24, 2.45) is 11.7 Å². The van der Waals surface area contributed by atoms with E-state index in [1.165, 1.54) is 6.07 Å². The third kappa shape index (κ3) is 2.25. The Morgan fingerprint density at radius 1 is 1.35 bits per heavy atom. The van der Waals surface area contributed by atoms with Crippen molar-refractivity contribution >= 4 is 5.78 Å². The number of carbonyl (C=O) groups is 1. The van der Waals surface area contributed by atoms with E-state index >= 15 is 0 Å². The van der Waals surface area contributed by atoms with Gasteiger partial charge in [-0.05, 0) is 43.9 Å². The number of halogens is 1. The van der Waals surface area contributed by atoms with Gasteiger partial charge in [0.1, 0.15) is 5.82 Å². The number of ketones is 1. The largest absolute Gasteiger partial charge is 0.327 e. The average molecular weight is 235 g/mol. The van der Waals surface area contributed by atoms with Gasteiger partial charge in [0.25, 0.3) is 0 Å². The molecule has 0 aliphatic heterocycles. The Kier molecular flexibility index (Phi) is 3.29. The maximum absolute atomic E-state index is 13.9. The number of hydrogen-bond donors (Lipinski definition) is 1. The van der Waals surface area contributed by atoms with Crippen molar-refractivity contribution in [3.63, 3.8) is 0 Å².